The topological polar surface area (TPSA) is 245 Å². The van der Waals surface area contributed by atoms with Crippen LogP contribution in [0.1, 0.15) is 124 Å². The monoisotopic (exact) mass is 1050 g/mol. The van der Waals surface area contributed by atoms with Gasteiger partial charge in [-0.25, -0.2) is 9.07 Å². The van der Waals surface area contributed by atoms with E-state index in [0.717, 1.165) is 5.56 Å². The molecule has 5 N–H and O–H groups in total. The molecule has 2 aromatic rings. The van der Waals surface area contributed by atoms with E-state index in [1.165, 1.54) is 42.6 Å². The van der Waals surface area contributed by atoms with Crippen molar-refractivity contribution in [3.63, 3.8) is 0 Å². The molecule has 416 valence electrons. The number of carbonyl (C=O) groups is 1. The summed E-state index contributed by atoms with van der Waals surface area (Å²) in [5.41, 5.74) is -3.26. The number of aromatic nitrogens is 3. The van der Waals surface area contributed by atoms with Crippen LogP contribution in [0.15, 0.2) is 30.5 Å². The van der Waals surface area contributed by atoms with Crippen molar-refractivity contribution >= 4 is 23.4 Å². The van der Waals surface area contributed by atoms with Crippen molar-refractivity contribution in [3.8, 4) is 0 Å². The van der Waals surface area contributed by atoms with Gasteiger partial charge in [-0.3, -0.25) is 14.9 Å². The number of ether oxygens (including phenoxy) is 5. The molecular weight excluding hydrogens is 968 g/mol. The van der Waals surface area contributed by atoms with E-state index in [-0.39, 0.29) is 36.1 Å². The summed E-state index contributed by atoms with van der Waals surface area (Å²) in [5, 5.41) is 79.8. The summed E-state index contributed by atoms with van der Waals surface area (Å²) >= 11 is 1.51. The summed E-state index contributed by atoms with van der Waals surface area (Å²) < 4.78 is 48.6. The minimum absolute atomic E-state index is 0.0508. The Balaban J connectivity index is 1.46. The van der Waals surface area contributed by atoms with E-state index < -0.39 is 125 Å². The van der Waals surface area contributed by atoms with Crippen LogP contribution >= 0.6 is 11.8 Å². The van der Waals surface area contributed by atoms with Crippen LogP contribution in [0.2, 0.25) is 0 Å². The highest BCUT2D eigenvalue weighted by Gasteiger charge is 2.55. The van der Waals surface area contributed by atoms with E-state index in [9.17, 15) is 44.8 Å². The maximum Gasteiger partial charge on any atom is 0.309 e. The van der Waals surface area contributed by atoms with E-state index in [1.807, 2.05) is 51.6 Å². The number of nitrogens with zero attached hydrogens (tertiary/aromatic N) is 6. The van der Waals surface area contributed by atoms with Gasteiger partial charge >= 0.3 is 5.97 Å². The van der Waals surface area contributed by atoms with Gasteiger partial charge in [-0.15, -0.1) is 5.10 Å². The van der Waals surface area contributed by atoms with Gasteiger partial charge in [-0.2, -0.15) is 11.8 Å². The molecule has 3 fully saturated rings. The Labute approximate surface area is 435 Å². The number of alkyl halides is 1. The molecule has 1 unspecified atom stereocenters. The van der Waals surface area contributed by atoms with Gasteiger partial charge in [0.05, 0.1) is 63.4 Å². The molecule has 20 atom stereocenters. The molecular formula is C52H87FN6O13S. The van der Waals surface area contributed by atoms with E-state index in [0.29, 0.717) is 37.4 Å². The highest BCUT2D eigenvalue weighted by Crippen LogP contribution is 2.45. The van der Waals surface area contributed by atoms with Crippen molar-refractivity contribution in [1.29, 1.82) is 0 Å². The average Bonchev–Trinajstić information content (AvgIpc) is 3.81. The van der Waals surface area contributed by atoms with Crippen molar-refractivity contribution in [3.05, 3.63) is 51.8 Å². The molecule has 0 spiro atoms. The molecule has 73 heavy (non-hydrogen) atoms. The van der Waals surface area contributed by atoms with Crippen molar-refractivity contribution in [2.75, 3.05) is 46.7 Å². The number of aliphatic hydroxyl groups excluding tert-OH is 3. The number of hydrogen-bond donors (Lipinski definition) is 5. The number of nitro groups is 1. The highest BCUT2D eigenvalue weighted by atomic mass is 32.2. The molecule has 4 heterocycles. The third-order valence-corrected chi connectivity index (χ3v) is 17.6. The lowest BCUT2D eigenvalue weighted by Gasteiger charge is -2.51. The van der Waals surface area contributed by atoms with Gasteiger partial charge in [0.25, 0.3) is 5.69 Å². The van der Waals surface area contributed by atoms with Crippen LogP contribution in [0.5, 0.6) is 0 Å². The SMILES string of the molecule is CCS[C@H](c1ccc([N+](=O)[O-])cc1)[C@@H](CF)n1cc(CCN(C)[C@H]2C[C@@H](C)O[C@@H](O[C@@H]3[C@@H](C)C([C@H]4C[C@@](C)(OC)[C@@H](O)[C@H](C)O4)[C@@H](C)C(=O)O[C@H](CC)[C@@](C)(O)[C@H](O)[C@@H](C)N(C)C[C@H](C)C[C@@]3(C)O)[C@@H]2O)nn1. The summed E-state index contributed by atoms with van der Waals surface area (Å²) in [4.78, 5) is 29.4. The number of thioether (sulfide) groups is 1. The molecule has 19 nitrogen and oxygen atoms in total. The molecule has 0 amide bonds. The van der Waals surface area contributed by atoms with Gasteiger partial charge in [0, 0.05) is 69.4 Å². The van der Waals surface area contributed by atoms with E-state index in [2.05, 4.69) is 10.3 Å². The Morgan fingerprint density at radius 3 is 2.27 bits per heavy atom. The van der Waals surface area contributed by atoms with Crippen molar-refractivity contribution < 1.29 is 63.3 Å². The number of rotatable bonds is 16. The fraction of sp³-hybridized carbons (Fsp3) is 0.827. The van der Waals surface area contributed by atoms with Crippen molar-refractivity contribution in [2.45, 2.75) is 204 Å². The summed E-state index contributed by atoms with van der Waals surface area (Å²) in [7, 11) is 5.23. The molecule has 0 radical (unpaired) electrons. The lowest BCUT2D eigenvalue weighted by Crippen LogP contribution is -2.62. The predicted octanol–water partition coefficient (Wildman–Crippen LogP) is 5.29. The first kappa shape index (κ1) is 60.9. The molecule has 1 aromatic carbocycles. The number of halogens is 1. The number of esters is 1. The number of hydrogen-bond acceptors (Lipinski definition) is 18. The van der Waals surface area contributed by atoms with E-state index in [1.54, 1.807) is 59.9 Å². The van der Waals surface area contributed by atoms with Crippen LogP contribution in [-0.4, -0.2) is 192 Å². The van der Waals surface area contributed by atoms with Crippen LogP contribution in [0.25, 0.3) is 0 Å². The molecule has 0 bridgehead atoms. The number of benzene rings is 1. The average molecular weight is 1060 g/mol. The Morgan fingerprint density at radius 1 is 1.03 bits per heavy atom. The summed E-state index contributed by atoms with van der Waals surface area (Å²) in [6, 6.07) is 4.33. The quantitative estimate of drug-likeness (QED) is 0.0814. The molecule has 3 saturated heterocycles. The second kappa shape index (κ2) is 25.5. The van der Waals surface area contributed by atoms with Gasteiger partial charge in [-0.1, -0.05) is 52.0 Å². The summed E-state index contributed by atoms with van der Waals surface area (Å²) in [5.74, 6) is -2.64. The van der Waals surface area contributed by atoms with Crippen LogP contribution in [0, 0.1) is 33.8 Å². The number of aliphatic hydroxyl groups is 5. The third kappa shape index (κ3) is 14.0. The number of carbonyl (C=O) groups excluding carboxylic acids is 1. The first-order chi connectivity index (χ1) is 34.1. The zero-order chi connectivity index (χ0) is 54.5. The summed E-state index contributed by atoms with van der Waals surface area (Å²) in [6.45, 7) is 19.8. The zero-order valence-corrected chi connectivity index (χ0v) is 46.4. The minimum atomic E-state index is -1.84. The normalized spacial score (nSPS) is 39.6. The molecule has 5 rings (SSSR count). The first-order valence-corrected chi connectivity index (χ1v) is 27.1. The third-order valence-electron chi connectivity index (χ3n) is 16.4. The van der Waals surface area contributed by atoms with Crippen LogP contribution in [0.4, 0.5) is 10.1 Å². The van der Waals surface area contributed by atoms with Crippen molar-refractivity contribution in [1.82, 2.24) is 24.8 Å². The van der Waals surface area contributed by atoms with E-state index in [4.69, 9.17) is 23.7 Å². The highest BCUT2D eigenvalue weighted by molar-refractivity contribution is 7.99. The number of likely N-dealkylation sites (N-methyl/N-ethyl adjacent to an activating group) is 2. The zero-order valence-electron chi connectivity index (χ0n) is 45.5. The Bertz CT molecular complexity index is 2070. The molecule has 21 heteroatoms. The maximum atomic E-state index is 14.9. The van der Waals surface area contributed by atoms with Gasteiger partial charge in [0.2, 0.25) is 0 Å². The first-order valence-electron chi connectivity index (χ1n) is 26.1. The lowest BCUT2D eigenvalue weighted by molar-refractivity contribution is -0.384. The smallest absolute Gasteiger partial charge is 0.309 e. The Hall–Kier alpha value is -2.93. The fourth-order valence-corrected chi connectivity index (χ4v) is 13.1. The number of methoxy groups -OCH3 is 1. The Kier molecular flexibility index (Phi) is 21.3. The molecule has 1 aromatic heterocycles. The Morgan fingerprint density at radius 2 is 1.68 bits per heavy atom. The second-order valence-electron chi connectivity index (χ2n) is 22.2. The van der Waals surface area contributed by atoms with E-state index >= 15 is 0 Å². The van der Waals surface area contributed by atoms with Crippen LogP contribution in [0.3, 0.4) is 0 Å². The lowest BCUT2D eigenvalue weighted by atomic mass is 9.68. The number of non-ortho nitro benzene ring substituents is 1. The van der Waals surface area contributed by atoms with Crippen molar-refractivity contribution in [2.24, 2.45) is 23.7 Å². The molecule has 0 aliphatic carbocycles. The van der Waals surface area contributed by atoms with Gasteiger partial charge < -0.3 is 59.0 Å². The molecule has 3 aliphatic rings. The minimum Gasteiger partial charge on any atom is -0.459 e. The standard InChI is InChI=1S/C52H87FN6O13S/c1-15-41-52(11,65)45(61)33(7)57(13)27-29(3)24-50(9,64)47(31(5)42(32(6)48(63)71-41)40-25-51(10,68-14)46(62)34(8)70-40)72-49-43(60)38(23-30(4)69-49)56(12)22-21-36-28-58(55-54-36)39(26-53)44(73-16-2)35-17-19-37(20-18-35)59(66)67/h17-20,28-34,38-47,49,60-62,64-65H,15-16,21-27H2,1-14H3/t29-,30-,31+,32-,33-,34+,38+,39-,40-,41-,42?,43-,44-,45-,46+,47-,49+,50-,51-,52-/m1/s1. The number of nitro benzene ring substituents is 1. The second-order valence-corrected chi connectivity index (χ2v) is 23.6. The van der Waals surface area contributed by atoms with Gasteiger partial charge in [0.1, 0.15) is 36.7 Å². The molecule has 0 saturated carbocycles. The number of cyclic esters (lactones) is 1. The van der Waals surface area contributed by atoms with Gasteiger partial charge in [0.15, 0.2) is 6.29 Å². The maximum absolute atomic E-state index is 14.9. The fourth-order valence-electron chi connectivity index (χ4n) is 11.9. The van der Waals surface area contributed by atoms with Crippen LogP contribution in [-0.2, 0) is 34.9 Å². The summed E-state index contributed by atoms with van der Waals surface area (Å²) in [6.07, 6.45) is -5.77. The molecule has 3 aliphatic heterocycles. The van der Waals surface area contributed by atoms with Crippen LogP contribution < -0.4 is 0 Å². The largest absolute Gasteiger partial charge is 0.459 e. The predicted molar refractivity (Wildman–Crippen MR) is 274 cm³/mol. The van der Waals surface area contributed by atoms with Gasteiger partial charge in [-0.05, 0) is 98.1 Å².